The van der Waals surface area contributed by atoms with Crippen molar-refractivity contribution in [3.8, 4) is 0 Å². The van der Waals surface area contributed by atoms with Crippen molar-refractivity contribution in [3.63, 3.8) is 0 Å². The maximum absolute atomic E-state index is 9.10. The number of rotatable bonds is 6. The lowest BCUT2D eigenvalue weighted by atomic mass is 9.87. The SMILES string of the molecule is CC(C)(C)c1ccc(CNCCCc2ccccc2)cc1.O=C(O)C(=O)O. The molecule has 0 aliphatic heterocycles. The third-order valence-corrected chi connectivity index (χ3v) is 3.99. The average Bonchev–Trinajstić information content (AvgIpc) is 2.62. The second-order valence-electron chi connectivity index (χ2n) is 7.32. The first-order valence-electron chi connectivity index (χ1n) is 9.00. The molecule has 0 heterocycles. The van der Waals surface area contributed by atoms with Crippen LogP contribution in [0.15, 0.2) is 54.6 Å². The van der Waals surface area contributed by atoms with Crippen LogP contribution in [0.3, 0.4) is 0 Å². The third kappa shape index (κ3) is 9.56. The summed E-state index contributed by atoms with van der Waals surface area (Å²) >= 11 is 0. The van der Waals surface area contributed by atoms with E-state index in [0.29, 0.717) is 0 Å². The van der Waals surface area contributed by atoms with Crippen LogP contribution in [0.1, 0.15) is 43.9 Å². The smallest absolute Gasteiger partial charge is 0.414 e. The minimum Gasteiger partial charge on any atom is -0.473 e. The summed E-state index contributed by atoms with van der Waals surface area (Å²) < 4.78 is 0. The van der Waals surface area contributed by atoms with Gasteiger partial charge in [-0.3, -0.25) is 0 Å². The molecule has 0 bridgehead atoms. The van der Waals surface area contributed by atoms with Gasteiger partial charge in [-0.1, -0.05) is 75.4 Å². The van der Waals surface area contributed by atoms with Crippen molar-refractivity contribution < 1.29 is 19.8 Å². The highest BCUT2D eigenvalue weighted by Gasteiger charge is 2.12. The van der Waals surface area contributed by atoms with E-state index >= 15 is 0 Å². The van der Waals surface area contributed by atoms with E-state index in [0.717, 1.165) is 19.5 Å². The quantitative estimate of drug-likeness (QED) is 0.530. The van der Waals surface area contributed by atoms with Gasteiger partial charge in [-0.2, -0.15) is 0 Å². The Bertz CT molecular complexity index is 691. The Hall–Kier alpha value is -2.66. The maximum atomic E-state index is 9.10. The van der Waals surface area contributed by atoms with Crippen molar-refractivity contribution in [1.82, 2.24) is 5.32 Å². The van der Waals surface area contributed by atoms with Crippen molar-refractivity contribution in [3.05, 3.63) is 71.3 Å². The summed E-state index contributed by atoms with van der Waals surface area (Å²) in [6.07, 6.45) is 2.33. The van der Waals surface area contributed by atoms with E-state index in [1.807, 2.05) is 0 Å². The molecule has 2 rings (SSSR count). The molecule has 0 aromatic heterocycles. The van der Waals surface area contributed by atoms with E-state index in [9.17, 15) is 0 Å². The van der Waals surface area contributed by atoms with Gasteiger partial charge in [-0.05, 0) is 41.5 Å². The lowest BCUT2D eigenvalue weighted by Gasteiger charge is -2.19. The molecule has 3 N–H and O–H groups in total. The molecule has 0 amide bonds. The summed E-state index contributed by atoms with van der Waals surface area (Å²) in [5, 5.41) is 18.3. The molecule has 0 saturated heterocycles. The summed E-state index contributed by atoms with van der Waals surface area (Å²) in [5.41, 5.74) is 4.42. The predicted octanol–water partition coefficient (Wildman–Crippen LogP) is 3.86. The summed E-state index contributed by atoms with van der Waals surface area (Å²) in [4.78, 5) is 18.2. The molecule has 146 valence electrons. The van der Waals surface area contributed by atoms with Crippen molar-refractivity contribution in [2.45, 2.75) is 45.6 Å². The molecule has 27 heavy (non-hydrogen) atoms. The second-order valence-corrected chi connectivity index (χ2v) is 7.32. The zero-order valence-corrected chi connectivity index (χ0v) is 16.2. The van der Waals surface area contributed by atoms with E-state index in [-0.39, 0.29) is 5.41 Å². The average molecular weight is 371 g/mol. The Morgan fingerprint density at radius 2 is 1.41 bits per heavy atom. The lowest BCUT2D eigenvalue weighted by Crippen LogP contribution is -2.16. The fourth-order valence-corrected chi connectivity index (χ4v) is 2.42. The largest absolute Gasteiger partial charge is 0.473 e. The summed E-state index contributed by atoms with van der Waals surface area (Å²) in [7, 11) is 0. The number of hydrogen-bond acceptors (Lipinski definition) is 3. The fraction of sp³-hybridized carbons (Fsp3) is 0.364. The van der Waals surface area contributed by atoms with Gasteiger partial charge in [-0.25, -0.2) is 9.59 Å². The molecular weight excluding hydrogens is 342 g/mol. The van der Waals surface area contributed by atoms with E-state index in [1.54, 1.807) is 0 Å². The fourth-order valence-electron chi connectivity index (χ4n) is 2.42. The number of carbonyl (C=O) groups is 2. The van der Waals surface area contributed by atoms with E-state index in [2.05, 4.69) is 80.7 Å². The van der Waals surface area contributed by atoms with Crippen LogP contribution in [0.4, 0.5) is 0 Å². The van der Waals surface area contributed by atoms with Crippen molar-refractivity contribution in [2.75, 3.05) is 6.54 Å². The monoisotopic (exact) mass is 371 g/mol. The number of aliphatic carboxylic acids is 2. The number of hydrogen-bond donors (Lipinski definition) is 3. The molecule has 5 heteroatoms. The Balaban J connectivity index is 0.000000527. The van der Waals surface area contributed by atoms with E-state index in [1.165, 1.54) is 23.1 Å². The topological polar surface area (TPSA) is 86.6 Å². The number of aryl methyl sites for hydroxylation is 1. The lowest BCUT2D eigenvalue weighted by molar-refractivity contribution is -0.159. The highest BCUT2D eigenvalue weighted by atomic mass is 16.4. The van der Waals surface area contributed by atoms with Gasteiger partial charge >= 0.3 is 11.9 Å². The first-order valence-corrected chi connectivity index (χ1v) is 9.00. The summed E-state index contributed by atoms with van der Waals surface area (Å²) in [6.45, 7) is 8.78. The van der Waals surface area contributed by atoms with Crippen molar-refractivity contribution >= 4 is 11.9 Å². The van der Waals surface area contributed by atoms with E-state index in [4.69, 9.17) is 19.8 Å². The minimum atomic E-state index is -1.82. The van der Waals surface area contributed by atoms with Gasteiger partial charge < -0.3 is 15.5 Å². The Kier molecular flexibility index (Phi) is 9.23. The van der Waals surface area contributed by atoms with Crippen LogP contribution in [0.2, 0.25) is 0 Å². The molecule has 0 unspecified atom stereocenters. The molecule has 0 fully saturated rings. The molecule has 5 nitrogen and oxygen atoms in total. The highest BCUT2D eigenvalue weighted by Crippen LogP contribution is 2.22. The van der Waals surface area contributed by atoms with Crippen molar-refractivity contribution in [1.29, 1.82) is 0 Å². The van der Waals surface area contributed by atoms with Gasteiger partial charge in [-0.15, -0.1) is 0 Å². The molecule has 2 aromatic carbocycles. The van der Waals surface area contributed by atoms with Crippen LogP contribution in [-0.2, 0) is 28.0 Å². The number of carboxylic acid groups (broad SMARTS) is 2. The van der Waals surface area contributed by atoms with Crippen LogP contribution >= 0.6 is 0 Å². The van der Waals surface area contributed by atoms with Gasteiger partial charge in [0.1, 0.15) is 0 Å². The van der Waals surface area contributed by atoms with Crippen LogP contribution in [0.5, 0.6) is 0 Å². The zero-order valence-electron chi connectivity index (χ0n) is 16.2. The van der Waals surface area contributed by atoms with Crippen LogP contribution < -0.4 is 5.32 Å². The van der Waals surface area contributed by atoms with Gasteiger partial charge in [0.15, 0.2) is 0 Å². The third-order valence-electron chi connectivity index (χ3n) is 3.99. The molecule has 0 spiro atoms. The molecule has 0 radical (unpaired) electrons. The van der Waals surface area contributed by atoms with Crippen LogP contribution in [0, 0.1) is 0 Å². The second kappa shape index (κ2) is 11.1. The number of carboxylic acids is 2. The predicted molar refractivity (Wildman–Crippen MR) is 107 cm³/mol. The molecule has 0 atom stereocenters. The Labute approximate surface area is 161 Å². The van der Waals surface area contributed by atoms with Gasteiger partial charge in [0.05, 0.1) is 0 Å². The first kappa shape index (κ1) is 22.4. The molecule has 0 saturated carbocycles. The Morgan fingerprint density at radius 3 is 1.89 bits per heavy atom. The van der Waals surface area contributed by atoms with Gasteiger partial charge in [0, 0.05) is 6.54 Å². The molecule has 0 aliphatic rings. The Morgan fingerprint density at radius 1 is 0.852 bits per heavy atom. The van der Waals surface area contributed by atoms with Crippen molar-refractivity contribution in [2.24, 2.45) is 0 Å². The van der Waals surface area contributed by atoms with Gasteiger partial charge in [0.25, 0.3) is 0 Å². The van der Waals surface area contributed by atoms with Crippen LogP contribution in [-0.4, -0.2) is 28.7 Å². The molecule has 2 aromatic rings. The highest BCUT2D eigenvalue weighted by molar-refractivity contribution is 6.27. The first-order chi connectivity index (χ1) is 12.7. The number of benzene rings is 2. The van der Waals surface area contributed by atoms with E-state index < -0.39 is 11.9 Å². The number of nitrogens with one attached hydrogen (secondary N) is 1. The molecule has 0 aliphatic carbocycles. The standard InChI is InChI=1S/C20H27N.C2H2O4/c1-20(2,3)19-13-11-18(12-14-19)16-21-15-7-10-17-8-5-4-6-9-17;3-1(4)2(5)6/h4-6,8-9,11-14,21H,7,10,15-16H2,1-3H3;(H,3,4)(H,5,6). The maximum Gasteiger partial charge on any atom is 0.414 e. The van der Waals surface area contributed by atoms with Crippen LogP contribution in [0.25, 0.3) is 0 Å². The zero-order chi connectivity index (χ0) is 20.3. The summed E-state index contributed by atoms with van der Waals surface area (Å²) in [5.74, 6) is -3.65. The normalized spacial score (nSPS) is 10.6. The molecular formula is C22H29NO4. The summed E-state index contributed by atoms with van der Waals surface area (Å²) in [6, 6.07) is 19.7. The minimum absolute atomic E-state index is 0.238. The van der Waals surface area contributed by atoms with Gasteiger partial charge in [0.2, 0.25) is 0 Å².